The molecule has 2 heterocycles. The van der Waals surface area contributed by atoms with Crippen molar-refractivity contribution in [1.29, 1.82) is 0 Å². The Morgan fingerprint density at radius 1 is 0.446 bits per heavy atom. The molecular formula is C53H38N2O. The SMILES string of the molecule is c1ccc(-c2ccc(C3=NC(c4ccc(-c5ccccc5)cc4)NC(c4cccc5c4Oc4ccccc4C54c5ccccc5-c5ccccc54)C3)cc2)cc1. The van der Waals surface area contributed by atoms with E-state index in [9.17, 15) is 0 Å². The summed E-state index contributed by atoms with van der Waals surface area (Å²) in [6, 6.07) is 72.0. The molecule has 0 amide bonds. The Hall–Kier alpha value is -6.81. The largest absolute Gasteiger partial charge is 0.456 e. The fourth-order valence-electron chi connectivity index (χ4n) is 9.40. The topological polar surface area (TPSA) is 33.6 Å². The first-order chi connectivity index (χ1) is 27.8. The molecule has 1 aliphatic carbocycles. The van der Waals surface area contributed by atoms with Crippen LogP contribution in [0.3, 0.4) is 0 Å². The Kier molecular flexibility index (Phi) is 7.68. The van der Waals surface area contributed by atoms with E-state index in [4.69, 9.17) is 9.73 Å². The van der Waals surface area contributed by atoms with Crippen molar-refractivity contribution >= 4 is 5.71 Å². The molecule has 1 spiro atoms. The van der Waals surface area contributed by atoms with Gasteiger partial charge in [0.2, 0.25) is 0 Å². The maximum absolute atomic E-state index is 7.11. The maximum Gasteiger partial charge on any atom is 0.137 e. The van der Waals surface area contributed by atoms with E-state index < -0.39 is 5.41 Å². The smallest absolute Gasteiger partial charge is 0.137 e. The molecule has 2 unspecified atom stereocenters. The third kappa shape index (κ3) is 5.12. The number of hydrogen-bond donors (Lipinski definition) is 1. The Bertz CT molecular complexity index is 2720. The van der Waals surface area contributed by atoms with Crippen LogP contribution in [-0.2, 0) is 5.41 Å². The predicted molar refractivity (Wildman–Crippen MR) is 227 cm³/mol. The van der Waals surface area contributed by atoms with Crippen molar-refractivity contribution in [2.45, 2.75) is 24.0 Å². The Morgan fingerprint density at radius 2 is 0.946 bits per heavy atom. The van der Waals surface area contributed by atoms with Gasteiger partial charge in [-0.25, -0.2) is 0 Å². The third-order valence-electron chi connectivity index (χ3n) is 12.0. The molecule has 2 aliphatic heterocycles. The first-order valence-electron chi connectivity index (χ1n) is 19.5. The van der Waals surface area contributed by atoms with Crippen LogP contribution in [-0.4, -0.2) is 5.71 Å². The second-order valence-electron chi connectivity index (χ2n) is 15.0. The molecule has 0 saturated heterocycles. The van der Waals surface area contributed by atoms with Gasteiger partial charge < -0.3 is 4.74 Å². The number of aliphatic imine (C=N–C) groups is 1. The van der Waals surface area contributed by atoms with Crippen LogP contribution >= 0.6 is 0 Å². The van der Waals surface area contributed by atoms with Crippen molar-refractivity contribution in [2.75, 3.05) is 0 Å². The van der Waals surface area contributed by atoms with E-state index in [2.05, 4.69) is 206 Å². The first kappa shape index (κ1) is 32.6. The summed E-state index contributed by atoms with van der Waals surface area (Å²) in [5, 5.41) is 4.01. The normalized spacial score (nSPS) is 17.2. The van der Waals surface area contributed by atoms with E-state index in [-0.39, 0.29) is 12.2 Å². The predicted octanol–water partition coefficient (Wildman–Crippen LogP) is 12.7. The lowest BCUT2D eigenvalue weighted by molar-refractivity contribution is 0.398. The van der Waals surface area contributed by atoms with Crippen LogP contribution in [0.4, 0.5) is 0 Å². The molecule has 0 fully saturated rings. The molecule has 1 N–H and O–H groups in total. The molecule has 3 nitrogen and oxygen atoms in total. The number of rotatable bonds is 5. The summed E-state index contributed by atoms with van der Waals surface area (Å²) in [5.41, 5.74) is 16.2. The van der Waals surface area contributed by atoms with Crippen molar-refractivity contribution in [3.63, 3.8) is 0 Å². The minimum Gasteiger partial charge on any atom is -0.456 e. The lowest BCUT2D eigenvalue weighted by Gasteiger charge is -2.41. The Morgan fingerprint density at radius 3 is 1.59 bits per heavy atom. The van der Waals surface area contributed by atoms with Crippen molar-refractivity contribution < 1.29 is 4.74 Å². The minimum absolute atomic E-state index is 0.0701. The van der Waals surface area contributed by atoms with E-state index in [1.54, 1.807) is 0 Å². The van der Waals surface area contributed by atoms with Gasteiger partial charge in [0.25, 0.3) is 0 Å². The van der Waals surface area contributed by atoms with Gasteiger partial charge in [-0.1, -0.05) is 194 Å². The molecule has 0 saturated carbocycles. The Balaban J connectivity index is 1.05. The lowest BCUT2D eigenvalue weighted by Crippen LogP contribution is -2.35. The molecule has 56 heavy (non-hydrogen) atoms. The zero-order valence-electron chi connectivity index (χ0n) is 30.8. The molecule has 3 heteroatoms. The highest BCUT2D eigenvalue weighted by Gasteiger charge is 2.51. The summed E-state index contributed by atoms with van der Waals surface area (Å²) in [4.78, 5) is 5.45. The zero-order valence-corrected chi connectivity index (χ0v) is 30.8. The highest BCUT2D eigenvalue weighted by Crippen LogP contribution is 2.62. The van der Waals surface area contributed by atoms with E-state index in [0.717, 1.165) is 33.9 Å². The standard InChI is InChI=1S/C53H38N2O/c1-3-14-35(15-4-1)37-26-30-39(31-27-37)48-34-49(55-52(54-48)40-32-28-38(29-33-40)36-16-5-2-6-17-36)43-20-13-24-47-51(43)56-50-25-12-11-23-46(50)53(47)44-21-9-7-18-41(44)42-19-8-10-22-45(42)53/h1-33,49,52,55H,34H2. The van der Waals surface area contributed by atoms with Crippen molar-refractivity contribution in [3.05, 3.63) is 239 Å². The van der Waals surface area contributed by atoms with Gasteiger partial charge in [-0.3, -0.25) is 10.3 Å². The number of benzene rings is 8. The summed E-state index contributed by atoms with van der Waals surface area (Å²) in [6.45, 7) is 0. The molecular weight excluding hydrogens is 681 g/mol. The average molecular weight is 719 g/mol. The van der Waals surface area contributed by atoms with Crippen LogP contribution in [0.5, 0.6) is 11.5 Å². The number of hydrogen-bond acceptors (Lipinski definition) is 3. The zero-order chi connectivity index (χ0) is 37.1. The maximum atomic E-state index is 7.11. The van der Waals surface area contributed by atoms with E-state index >= 15 is 0 Å². The van der Waals surface area contributed by atoms with E-state index in [1.165, 1.54) is 55.6 Å². The number of nitrogens with zero attached hydrogens (tertiary/aromatic N) is 1. The molecule has 0 radical (unpaired) electrons. The summed E-state index contributed by atoms with van der Waals surface area (Å²) in [7, 11) is 0. The van der Waals surface area contributed by atoms with Crippen LogP contribution < -0.4 is 10.1 Å². The van der Waals surface area contributed by atoms with Gasteiger partial charge in [0.1, 0.15) is 17.7 Å². The fourth-order valence-corrected chi connectivity index (χ4v) is 9.40. The van der Waals surface area contributed by atoms with Gasteiger partial charge >= 0.3 is 0 Å². The highest BCUT2D eigenvalue weighted by molar-refractivity contribution is 6.02. The molecule has 3 aliphatic rings. The van der Waals surface area contributed by atoms with Crippen molar-refractivity contribution in [2.24, 2.45) is 4.99 Å². The lowest BCUT2D eigenvalue weighted by atomic mass is 9.65. The van der Waals surface area contributed by atoms with Crippen LogP contribution in [0.15, 0.2) is 205 Å². The molecule has 266 valence electrons. The molecule has 8 aromatic carbocycles. The van der Waals surface area contributed by atoms with Crippen LogP contribution in [0.2, 0.25) is 0 Å². The van der Waals surface area contributed by atoms with Crippen molar-refractivity contribution in [1.82, 2.24) is 5.32 Å². The molecule has 0 bridgehead atoms. The van der Waals surface area contributed by atoms with Gasteiger partial charge in [-0.2, -0.15) is 0 Å². The molecule has 8 aromatic rings. The second-order valence-corrected chi connectivity index (χ2v) is 15.0. The van der Waals surface area contributed by atoms with Gasteiger partial charge in [-0.05, 0) is 61.7 Å². The number of nitrogens with one attached hydrogen (secondary N) is 1. The summed E-state index contributed by atoms with van der Waals surface area (Å²) >= 11 is 0. The summed E-state index contributed by atoms with van der Waals surface area (Å²) < 4.78 is 7.11. The first-order valence-corrected chi connectivity index (χ1v) is 19.5. The number of fused-ring (bicyclic) bond motifs is 9. The van der Waals surface area contributed by atoms with Gasteiger partial charge in [0.05, 0.1) is 5.41 Å². The molecule has 0 aromatic heterocycles. The molecule has 11 rings (SSSR count). The summed E-state index contributed by atoms with van der Waals surface area (Å²) in [6.07, 6.45) is 0.460. The number of ether oxygens (including phenoxy) is 1. The monoisotopic (exact) mass is 718 g/mol. The van der Waals surface area contributed by atoms with Crippen LogP contribution in [0.25, 0.3) is 33.4 Å². The van der Waals surface area contributed by atoms with Crippen LogP contribution in [0, 0.1) is 0 Å². The average Bonchev–Trinajstić information content (AvgIpc) is 3.57. The minimum atomic E-state index is -0.515. The van der Waals surface area contributed by atoms with Gasteiger partial charge in [0.15, 0.2) is 0 Å². The van der Waals surface area contributed by atoms with Gasteiger partial charge in [0, 0.05) is 34.9 Å². The Labute approximate surface area is 327 Å². The fraction of sp³-hybridized carbons (Fsp3) is 0.0755. The quantitative estimate of drug-likeness (QED) is 0.192. The number of para-hydroxylation sites is 2. The highest BCUT2D eigenvalue weighted by atomic mass is 16.5. The third-order valence-corrected chi connectivity index (χ3v) is 12.0. The molecule has 2 atom stereocenters. The van der Waals surface area contributed by atoms with Gasteiger partial charge in [-0.15, -0.1) is 0 Å². The summed E-state index contributed by atoms with van der Waals surface area (Å²) in [5.74, 6) is 1.82. The van der Waals surface area contributed by atoms with E-state index in [1.807, 2.05) is 0 Å². The second kappa shape index (κ2) is 13.2. The van der Waals surface area contributed by atoms with Crippen LogP contribution in [0.1, 0.15) is 57.6 Å². The van der Waals surface area contributed by atoms with Crippen molar-refractivity contribution in [3.8, 4) is 44.9 Å². The van der Waals surface area contributed by atoms with E-state index in [0.29, 0.717) is 6.42 Å².